The van der Waals surface area contributed by atoms with E-state index in [-0.39, 0.29) is 5.91 Å². The summed E-state index contributed by atoms with van der Waals surface area (Å²) < 4.78 is 7.33. The number of nitrogens with zero attached hydrogens (tertiary/aromatic N) is 5. The van der Waals surface area contributed by atoms with Crippen molar-refractivity contribution < 1.29 is 9.21 Å². The van der Waals surface area contributed by atoms with E-state index in [1.54, 1.807) is 35.9 Å². The molecule has 4 heterocycles. The summed E-state index contributed by atoms with van der Waals surface area (Å²) in [6.45, 7) is 2.31. The summed E-state index contributed by atoms with van der Waals surface area (Å²) in [7, 11) is 3.68. The maximum atomic E-state index is 12.8. The fourth-order valence-corrected chi connectivity index (χ4v) is 4.68. The Hall–Kier alpha value is -2.45. The molecule has 0 spiro atoms. The van der Waals surface area contributed by atoms with E-state index in [1.807, 2.05) is 29.8 Å². The number of likely N-dealkylation sites (tertiary alicyclic amines) is 1. The van der Waals surface area contributed by atoms with E-state index >= 15 is 0 Å². The molecule has 0 radical (unpaired) electrons. The summed E-state index contributed by atoms with van der Waals surface area (Å²) in [5.41, 5.74) is 0. The Morgan fingerprint density at radius 2 is 2.30 bits per heavy atom. The lowest BCUT2D eigenvalue weighted by atomic mass is 10.2. The van der Waals surface area contributed by atoms with E-state index in [0.717, 1.165) is 36.0 Å². The van der Waals surface area contributed by atoms with Crippen molar-refractivity contribution in [1.82, 2.24) is 24.6 Å². The second-order valence-electron chi connectivity index (χ2n) is 6.93. The summed E-state index contributed by atoms with van der Waals surface area (Å²) in [6.07, 6.45) is 5.64. The lowest BCUT2D eigenvalue weighted by Crippen LogP contribution is -2.26. The summed E-state index contributed by atoms with van der Waals surface area (Å²) in [6, 6.07) is 8.33. The van der Waals surface area contributed by atoms with Gasteiger partial charge in [-0.25, -0.2) is 0 Å². The molecular weight excluding hydrogens is 362 g/mol. The number of amides is 1. The van der Waals surface area contributed by atoms with Crippen LogP contribution in [0.2, 0.25) is 0 Å². The van der Waals surface area contributed by atoms with Gasteiger partial charge < -0.3 is 13.9 Å². The minimum Gasteiger partial charge on any atom is -0.468 e. The fourth-order valence-electron chi connectivity index (χ4n) is 3.51. The van der Waals surface area contributed by atoms with Crippen molar-refractivity contribution in [3.8, 4) is 0 Å². The van der Waals surface area contributed by atoms with Crippen LogP contribution in [0.5, 0.6) is 0 Å². The number of hydrogen-bond donors (Lipinski definition) is 0. The maximum Gasteiger partial charge on any atom is 0.264 e. The van der Waals surface area contributed by atoms with Gasteiger partial charge in [0.15, 0.2) is 5.82 Å². The van der Waals surface area contributed by atoms with Crippen molar-refractivity contribution in [2.75, 3.05) is 13.6 Å². The number of rotatable bonds is 6. The summed E-state index contributed by atoms with van der Waals surface area (Å²) >= 11 is 1.59. The average molecular weight is 385 g/mol. The lowest BCUT2D eigenvalue weighted by molar-refractivity contribution is 0.0785. The molecule has 0 aliphatic carbocycles. The van der Waals surface area contributed by atoms with Crippen molar-refractivity contribution in [2.24, 2.45) is 7.05 Å². The first-order valence-electron chi connectivity index (χ1n) is 9.06. The molecule has 0 N–H and O–H groups in total. The van der Waals surface area contributed by atoms with Crippen LogP contribution in [0, 0.1) is 0 Å². The summed E-state index contributed by atoms with van der Waals surface area (Å²) in [4.78, 5) is 18.9. The molecule has 27 heavy (non-hydrogen) atoms. The van der Waals surface area contributed by atoms with Gasteiger partial charge in [-0.2, -0.15) is 0 Å². The summed E-state index contributed by atoms with van der Waals surface area (Å²) in [5.74, 6) is 1.77. The molecule has 1 unspecified atom stereocenters. The van der Waals surface area contributed by atoms with E-state index in [2.05, 4.69) is 21.2 Å². The van der Waals surface area contributed by atoms with Gasteiger partial charge in [-0.05, 0) is 43.7 Å². The Balaban J connectivity index is 1.44. The minimum atomic E-state index is 0.0184. The van der Waals surface area contributed by atoms with Gasteiger partial charge in [-0.1, -0.05) is 0 Å². The van der Waals surface area contributed by atoms with Crippen LogP contribution >= 0.6 is 11.3 Å². The van der Waals surface area contributed by atoms with Crippen LogP contribution in [-0.2, 0) is 20.1 Å². The van der Waals surface area contributed by atoms with Crippen LogP contribution in [0.3, 0.4) is 0 Å². The molecule has 1 aliphatic heterocycles. The second-order valence-corrected chi connectivity index (χ2v) is 8.04. The van der Waals surface area contributed by atoms with E-state index in [9.17, 15) is 4.79 Å². The monoisotopic (exact) mass is 385 g/mol. The van der Waals surface area contributed by atoms with E-state index in [4.69, 9.17) is 4.42 Å². The molecule has 3 aromatic rings. The zero-order valence-electron chi connectivity index (χ0n) is 15.5. The molecular formula is C19H23N5O2S. The third-order valence-electron chi connectivity index (χ3n) is 5.00. The van der Waals surface area contributed by atoms with Crippen LogP contribution < -0.4 is 0 Å². The van der Waals surface area contributed by atoms with E-state index in [0.29, 0.717) is 12.6 Å². The molecule has 1 aliphatic rings. The highest BCUT2D eigenvalue weighted by atomic mass is 32.1. The fraction of sp³-hybridized carbons (Fsp3) is 0.421. The zero-order valence-corrected chi connectivity index (χ0v) is 16.4. The van der Waals surface area contributed by atoms with Crippen LogP contribution in [0.4, 0.5) is 0 Å². The molecule has 1 atom stereocenters. The molecule has 8 heteroatoms. The van der Waals surface area contributed by atoms with Crippen molar-refractivity contribution >= 4 is 17.2 Å². The third-order valence-corrected chi connectivity index (χ3v) is 6.17. The standard InChI is InChI=1S/C19H23N5O2S/c1-22(12-18-21-20-13-23(18)2)19(25)17-8-7-16(27-17)15-6-3-9-24(15)11-14-5-4-10-26-14/h4-5,7-8,10,13,15H,3,6,9,11-12H2,1-2H3. The van der Waals surface area contributed by atoms with E-state index in [1.165, 1.54) is 11.3 Å². The topological polar surface area (TPSA) is 67.4 Å². The Morgan fingerprint density at radius 1 is 1.41 bits per heavy atom. The first-order chi connectivity index (χ1) is 13.1. The Kier molecular flexibility index (Phi) is 5.09. The quantitative estimate of drug-likeness (QED) is 0.652. The van der Waals surface area contributed by atoms with Gasteiger partial charge in [-0.15, -0.1) is 21.5 Å². The Labute approximate surface area is 162 Å². The molecule has 0 bridgehead atoms. The predicted molar refractivity (Wildman–Crippen MR) is 102 cm³/mol. The highest BCUT2D eigenvalue weighted by Crippen LogP contribution is 2.37. The summed E-state index contributed by atoms with van der Waals surface area (Å²) in [5, 5.41) is 7.92. The van der Waals surface area contributed by atoms with Gasteiger partial charge in [0.05, 0.1) is 24.2 Å². The first-order valence-corrected chi connectivity index (χ1v) is 9.88. The van der Waals surface area contributed by atoms with Gasteiger partial charge in [0, 0.05) is 25.0 Å². The van der Waals surface area contributed by atoms with E-state index < -0.39 is 0 Å². The molecule has 4 rings (SSSR count). The van der Waals surface area contributed by atoms with Gasteiger partial charge in [0.1, 0.15) is 12.1 Å². The molecule has 1 fully saturated rings. The number of aryl methyl sites for hydroxylation is 1. The first kappa shape index (κ1) is 17.9. The van der Waals surface area contributed by atoms with Gasteiger partial charge in [-0.3, -0.25) is 9.69 Å². The average Bonchev–Trinajstić information content (AvgIpc) is 3.43. The normalized spacial score (nSPS) is 17.5. The van der Waals surface area contributed by atoms with Crippen molar-refractivity contribution in [3.63, 3.8) is 0 Å². The molecule has 142 valence electrons. The van der Waals surface area contributed by atoms with Crippen molar-refractivity contribution in [1.29, 1.82) is 0 Å². The molecule has 7 nitrogen and oxygen atoms in total. The van der Waals surface area contributed by atoms with Gasteiger partial charge >= 0.3 is 0 Å². The minimum absolute atomic E-state index is 0.0184. The number of furan rings is 1. The molecule has 0 aromatic carbocycles. The van der Waals surface area contributed by atoms with Crippen molar-refractivity contribution in [2.45, 2.75) is 32.0 Å². The number of carbonyl (C=O) groups is 1. The van der Waals surface area contributed by atoms with Crippen LogP contribution in [0.25, 0.3) is 0 Å². The number of aromatic nitrogens is 3. The molecule has 3 aromatic heterocycles. The Morgan fingerprint density at radius 3 is 3.04 bits per heavy atom. The maximum absolute atomic E-state index is 12.8. The van der Waals surface area contributed by atoms with Crippen LogP contribution in [0.1, 0.15) is 45.0 Å². The molecule has 1 saturated heterocycles. The largest absolute Gasteiger partial charge is 0.468 e. The second kappa shape index (κ2) is 7.66. The SMILES string of the molecule is CN(Cc1nncn1C)C(=O)c1ccc(C2CCCN2Cc2ccco2)s1. The molecule has 1 amide bonds. The smallest absolute Gasteiger partial charge is 0.264 e. The van der Waals surface area contributed by atoms with Crippen LogP contribution in [0.15, 0.2) is 41.3 Å². The highest BCUT2D eigenvalue weighted by Gasteiger charge is 2.28. The number of hydrogen-bond acceptors (Lipinski definition) is 6. The predicted octanol–water partition coefficient (Wildman–Crippen LogP) is 3.08. The third kappa shape index (κ3) is 3.81. The number of thiophene rings is 1. The van der Waals surface area contributed by atoms with Gasteiger partial charge in [0.2, 0.25) is 0 Å². The molecule has 0 saturated carbocycles. The van der Waals surface area contributed by atoms with Gasteiger partial charge in [0.25, 0.3) is 5.91 Å². The highest BCUT2D eigenvalue weighted by molar-refractivity contribution is 7.14. The lowest BCUT2D eigenvalue weighted by Gasteiger charge is -2.22. The zero-order chi connectivity index (χ0) is 18.8. The number of carbonyl (C=O) groups excluding carboxylic acids is 1. The van der Waals surface area contributed by atoms with Crippen molar-refractivity contribution in [3.05, 3.63) is 58.2 Å². The Bertz CT molecular complexity index is 901. The van der Waals surface area contributed by atoms with Crippen LogP contribution in [-0.4, -0.2) is 44.1 Å².